The number of nitrogens with two attached hydrogens (primary N) is 1. The van der Waals surface area contributed by atoms with Gasteiger partial charge in [-0.25, -0.2) is 20.9 Å². The van der Waals surface area contributed by atoms with Crippen molar-refractivity contribution in [3.63, 3.8) is 0 Å². The van der Waals surface area contributed by atoms with Crippen molar-refractivity contribution < 1.29 is 13.9 Å². The third-order valence-electron chi connectivity index (χ3n) is 3.81. The highest BCUT2D eigenvalue weighted by molar-refractivity contribution is 5.95. The zero-order valence-electron chi connectivity index (χ0n) is 14.4. The Morgan fingerprint density at radius 1 is 1.41 bits per heavy atom. The number of nitrogens with zero attached hydrogens (tertiary/aromatic N) is 3. The first-order valence-electron chi connectivity index (χ1n) is 8.08. The standard InChI is InChI=1S/C19H16FN5O2/c1-11(22-2)10-27-19-16(20)6-14(9-25-19)13-5-15-12(3-4-17(21)26)7-23-18(15)24-8-13/h3-9,11H,10H2,1H3,(H2,21,26)(H,23,24)/b4-3+/t11-/m0/s1. The van der Waals surface area contributed by atoms with Gasteiger partial charge in [0.15, 0.2) is 12.4 Å². The molecule has 0 bridgehead atoms. The summed E-state index contributed by atoms with van der Waals surface area (Å²) in [7, 11) is 0. The number of rotatable bonds is 6. The Morgan fingerprint density at radius 2 is 2.15 bits per heavy atom. The van der Waals surface area contributed by atoms with Crippen molar-refractivity contribution in [2.45, 2.75) is 13.0 Å². The molecule has 27 heavy (non-hydrogen) atoms. The highest BCUT2D eigenvalue weighted by atomic mass is 19.1. The molecular formula is C19H16FN5O2. The van der Waals surface area contributed by atoms with Gasteiger partial charge in [0, 0.05) is 53.7 Å². The van der Waals surface area contributed by atoms with Gasteiger partial charge in [-0.05, 0) is 18.2 Å². The van der Waals surface area contributed by atoms with E-state index >= 15 is 0 Å². The SMILES string of the molecule is [C-]#[N+][C@@H](C)COc1ncc(-c2cnc3[nH]cc(/C=C/C(N)=O)c3c2)cc1F. The molecule has 3 aromatic heterocycles. The van der Waals surface area contributed by atoms with Crippen molar-refractivity contribution in [3.8, 4) is 17.0 Å². The maximum atomic E-state index is 14.3. The van der Waals surface area contributed by atoms with Crippen molar-refractivity contribution in [2.75, 3.05) is 6.61 Å². The van der Waals surface area contributed by atoms with Crippen LogP contribution in [0.3, 0.4) is 0 Å². The number of ether oxygens (including phenoxy) is 1. The van der Waals surface area contributed by atoms with E-state index in [0.717, 1.165) is 10.9 Å². The third-order valence-corrected chi connectivity index (χ3v) is 3.81. The summed E-state index contributed by atoms with van der Waals surface area (Å²) in [5, 5.41) is 0.761. The van der Waals surface area contributed by atoms with E-state index in [4.69, 9.17) is 17.0 Å². The van der Waals surface area contributed by atoms with Crippen LogP contribution in [0.25, 0.3) is 33.1 Å². The first-order valence-corrected chi connectivity index (χ1v) is 8.08. The molecule has 0 spiro atoms. The molecule has 0 saturated heterocycles. The van der Waals surface area contributed by atoms with Crippen molar-refractivity contribution >= 4 is 23.0 Å². The van der Waals surface area contributed by atoms with Gasteiger partial charge >= 0.3 is 0 Å². The molecule has 3 rings (SSSR count). The number of H-pyrrole nitrogens is 1. The molecule has 3 N–H and O–H groups in total. The van der Waals surface area contributed by atoms with Gasteiger partial charge in [0.2, 0.25) is 5.91 Å². The van der Waals surface area contributed by atoms with Gasteiger partial charge in [0.05, 0.1) is 0 Å². The van der Waals surface area contributed by atoms with Crippen LogP contribution in [-0.2, 0) is 4.79 Å². The summed E-state index contributed by atoms with van der Waals surface area (Å²) < 4.78 is 19.5. The fourth-order valence-corrected chi connectivity index (χ4v) is 2.42. The number of carbonyl (C=O) groups excluding carboxylic acids is 1. The minimum atomic E-state index is -0.618. The van der Waals surface area contributed by atoms with Gasteiger partial charge < -0.3 is 20.3 Å². The van der Waals surface area contributed by atoms with Crippen LogP contribution in [0.4, 0.5) is 4.39 Å². The predicted molar refractivity (Wildman–Crippen MR) is 99.1 cm³/mol. The molecule has 0 aliphatic heterocycles. The number of hydrogen-bond acceptors (Lipinski definition) is 4. The molecule has 3 aromatic rings. The highest BCUT2D eigenvalue weighted by Crippen LogP contribution is 2.27. The number of halogens is 1. The quantitative estimate of drug-likeness (QED) is 0.518. The largest absolute Gasteiger partial charge is 0.467 e. The van der Waals surface area contributed by atoms with E-state index in [1.54, 1.807) is 25.4 Å². The summed E-state index contributed by atoms with van der Waals surface area (Å²) in [6, 6.07) is 2.74. The lowest BCUT2D eigenvalue weighted by Gasteiger charge is -2.07. The van der Waals surface area contributed by atoms with Crippen molar-refractivity contribution in [3.05, 3.63) is 59.6 Å². The number of aromatic nitrogens is 3. The molecule has 3 heterocycles. The third kappa shape index (κ3) is 4.10. The van der Waals surface area contributed by atoms with E-state index in [0.29, 0.717) is 16.8 Å². The van der Waals surface area contributed by atoms with Gasteiger partial charge in [-0.15, -0.1) is 0 Å². The van der Waals surface area contributed by atoms with Gasteiger partial charge in [0.1, 0.15) is 5.65 Å². The fourth-order valence-electron chi connectivity index (χ4n) is 2.42. The highest BCUT2D eigenvalue weighted by Gasteiger charge is 2.13. The molecular weight excluding hydrogens is 349 g/mol. The molecule has 0 aliphatic carbocycles. The van der Waals surface area contributed by atoms with Gasteiger partial charge in [-0.2, -0.15) is 0 Å². The van der Waals surface area contributed by atoms with Crippen molar-refractivity contribution in [2.24, 2.45) is 5.73 Å². The van der Waals surface area contributed by atoms with Crippen LogP contribution in [0.1, 0.15) is 12.5 Å². The van der Waals surface area contributed by atoms with E-state index in [9.17, 15) is 9.18 Å². The maximum absolute atomic E-state index is 14.3. The average molecular weight is 365 g/mol. The summed E-state index contributed by atoms with van der Waals surface area (Å²) in [5.74, 6) is -1.31. The van der Waals surface area contributed by atoms with Crippen molar-refractivity contribution in [1.29, 1.82) is 0 Å². The number of pyridine rings is 2. The van der Waals surface area contributed by atoms with Crippen LogP contribution >= 0.6 is 0 Å². The van der Waals surface area contributed by atoms with Crippen LogP contribution < -0.4 is 10.5 Å². The molecule has 1 atom stereocenters. The molecule has 0 unspecified atom stereocenters. The number of amides is 1. The van der Waals surface area contributed by atoms with Crippen LogP contribution in [0.2, 0.25) is 0 Å². The summed E-state index contributed by atoms with van der Waals surface area (Å²) in [6.07, 6.45) is 7.62. The minimum Gasteiger partial charge on any atom is -0.467 e. The fraction of sp³-hybridized carbons (Fsp3) is 0.158. The van der Waals surface area contributed by atoms with Crippen LogP contribution in [0.15, 0.2) is 36.8 Å². The molecule has 0 radical (unpaired) electrons. The minimum absolute atomic E-state index is 0.0686. The predicted octanol–water partition coefficient (Wildman–Crippen LogP) is 2.95. The summed E-state index contributed by atoms with van der Waals surface area (Å²) >= 11 is 0. The second-order valence-corrected chi connectivity index (χ2v) is 5.90. The number of aromatic amines is 1. The second-order valence-electron chi connectivity index (χ2n) is 5.90. The molecule has 7 nitrogen and oxygen atoms in total. The molecule has 0 saturated carbocycles. The van der Waals surface area contributed by atoms with Crippen LogP contribution in [0, 0.1) is 12.4 Å². The molecule has 0 aromatic carbocycles. The van der Waals surface area contributed by atoms with E-state index in [-0.39, 0.29) is 18.5 Å². The normalized spacial score (nSPS) is 12.2. The lowest BCUT2D eigenvalue weighted by atomic mass is 10.1. The number of fused-ring (bicyclic) bond motifs is 1. The Kier molecular flexibility index (Phi) is 5.13. The van der Waals surface area contributed by atoms with E-state index < -0.39 is 11.7 Å². The lowest BCUT2D eigenvalue weighted by molar-refractivity contribution is -0.113. The van der Waals surface area contributed by atoms with Gasteiger partial charge in [-0.1, -0.05) is 0 Å². The number of hydrogen-bond donors (Lipinski definition) is 2. The van der Waals surface area contributed by atoms with E-state index in [1.165, 1.54) is 18.3 Å². The lowest BCUT2D eigenvalue weighted by Crippen LogP contribution is -2.11. The summed E-state index contributed by atoms with van der Waals surface area (Å²) in [6.45, 7) is 8.64. The van der Waals surface area contributed by atoms with Gasteiger partial charge in [-0.3, -0.25) is 4.79 Å². The Balaban J connectivity index is 1.91. The molecule has 0 aliphatic rings. The zero-order chi connectivity index (χ0) is 19.4. The summed E-state index contributed by atoms with van der Waals surface area (Å²) in [4.78, 5) is 25.5. The van der Waals surface area contributed by atoms with Crippen molar-refractivity contribution in [1.82, 2.24) is 15.0 Å². The first-order chi connectivity index (χ1) is 13.0. The maximum Gasteiger partial charge on any atom is 0.254 e. The van der Waals surface area contributed by atoms with Crippen LogP contribution in [-0.4, -0.2) is 33.5 Å². The molecule has 1 amide bonds. The number of nitrogens with one attached hydrogen (secondary N) is 1. The second kappa shape index (κ2) is 7.66. The van der Waals surface area contributed by atoms with Crippen LogP contribution in [0.5, 0.6) is 5.88 Å². The molecule has 8 heteroatoms. The summed E-state index contributed by atoms with van der Waals surface area (Å²) in [5.41, 5.74) is 7.67. The van der Waals surface area contributed by atoms with E-state index in [1.807, 2.05) is 6.07 Å². The molecule has 136 valence electrons. The monoisotopic (exact) mass is 365 g/mol. The Labute approximate surface area is 154 Å². The number of primary amides is 1. The zero-order valence-corrected chi connectivity index (χ0v) is 14.4. The van der Waals surface area contributed by atoms with Gasteiger partial charge in [0.25, 0.3) is 11.9 Å². The smallest absolute Gasteiger partial charge is 0.254 e. The first kappa shape index (κ1) is 18.1. The number of carbonyl (C=O) groups is 1. The Morgan fingerprint density at radius 3 is 2.85 bits per heavy atom. The topological polar surface area (TPSA) is 98.2 Å². The Hall–Kier alpha value is -3.73. The van der Waals surface area contributed by atoms with E-state index in [2.05, 4.69) is 19.8 Å². The molecule has 0 fully saturated rings. The Bertz CT molecular complexity index is 1070. The average Bonchev–Trinajstić information content (AvgIpc) is 3.07.